The molecule has 1 aliphatic heterocycles. The van der Waals surface area contributed by atoms with Gasteiger partial charge >= 0.3 is 5.97 Å². The second-order valence-electron chi connectivity index (χ2n) is 8.25. The molecule has 5 rings (SSSR count). The number of H-pyrrole nitrogens is 1. The van der Waals surface area contributed by atoms with Crippen LogP contribution in [0.25, 0.3) is 10.9 Å². The van der Waals surface area contributed by atoms with E-state index in [2.05, 4.69) is 4.98 Å². The summed E-state index contributed by atoms with van der Waals surface area (Å²) < 4.78 is 15.0. The van der Waals surface area contributed by atoms with Crippen molar-refractivity contribution in [1.82, 2.24) is 9.88 Å². The second kappa shape index (κ2) is 11.2. The maximum absolute atomic E-state index is 11.6. The molecule has 1 aromatic heterocycles. The van der Waals surface area contributed by atoms with Crippen molar-refractivity contribution in [2.24, 2.45) is 0 Å². The second-order valence-corrected chi connectivity index (χ2v) is 8.68. The number of methoxy groups -OCH3 is 2. The van der Waals surface area contributed by atoms with E-state index in [1.54, 1.807) is 38.5 Å². The highest BCUT2D eigenvalue weighted by Crippen LogP contribution is 2.38. The lowest BCUT2D eigenvalue weighted by Crippen LogP contribution is -2.34. The molecule has 2 heterocycles. The standard InChI is InChI=1S/C19H17ClN2O2.C9H10O3/c1-24-14-5-2-12(3-6-14)19-18-15(8-9-22(19)11-23)16-10-13(20)4-7-17(16)21-18;1-7(10)12-9-5-3-8(11-2)4-6-9/h2-7,10-11,19,21H,8-9H2,1H3;3-6H,1-2H3. The Morgan fingerprint density at radius 1 is 0.972 bits per heavy atom. The number of carbonyl (C=O) groups excluding carboxylic acids is 2. The molecule has 0 saturated heterocycles. The molecule has 0 aliphatic carbocycles. The normalized spacial score (nSPS) is 14.3. The minimum absolute atomic E-state index is 0.122. The van der Waals surface area contributed by atoms with Crippen molar-refractivity contribution in [1.29, 1.82) is 0 Å². The molecule has 0 radical (unpaired) electrons. The molecule has 1 amide bonds. The summed E-state index contributed by atoms with van der Waals surface area (Å²) in [5.74, 6) is 1.75. The molecule has 0 fully saturated rings. The lowest BCUT2D eigenvalue weighted by atomic mass is 9.93. The van der Waals surface area contributed by atoms with Crippen molar-refractivity contribution in [3.8, 4) is 17.2 Å². The van der Waals surface area contributed by atoms with Crippen LogP contribution in [0, 0.1) is 0 Å². The molecule has 0 spiro atoms. The summed E-state index contributed by atoms with van der Waals surface area (Å²) in [4.78, 5) is 27.5. The van der Waals surface area contributed by atoms with Crippen LogP contribution >= 0.6 is 11.6 Å². The van der Waals surface area contributed by atoms with Crippen LogP contribution in [-0.4, -0.2) is 43.0 Å². The zero-order valence-electron chi connectivity index (χ0n) is 20.3. The average Bonchev–Trinajstić information content (AvgIpc) is 3.26. The molecule has 1 unspecified atom stereocenters. The van der Waals surface area contributed by atoms with E-state index in [-0.39, 0.29) is 12.0 Å². The van der Waals surface area contributed by atoms with Gasteiger partial charge in [0.25, 0.3) is 0 Å². The zero-order valence-corrected chi connectivity index (χ0v) is 21.0. The van der Waals surface area contributed by atoms with Crippen molar-refractivity contribution in [2.75, 3.05) is 20.8 Å². The van der Waals surface area contributed by atoms with Crippen LogP contribution in [0.1, 0.15) is 29.8 Å². The summed E-state index contributed by atoms with van der Waals surface area (Å²) in [7, 11) is 3.23. The predicted octanol–water partition coefficient (Wildman–Crippen LogP) is 5.55. The number of aromatic nitrogens is 1. The van der Waals surface area contributed by atoms with Crippen LogP contribution in [-0.2, 0) is 16.0 Å². The van der Waals surface area contributed by atoms with Crippen LogP contribution in [0.2, 0.25) is 5.02 Å². The number of ether oxygens (including phenoxy) is 3. The number of halogens is 1. The lowest BCUT2D eigenvalue weighted by molar-refractivity contribution is -0.131. The van der Waals surface area contributed by atoms with Crippen LogP contribution in [0.4, 0.5) is 0 Å². The largest absolute Gasteiger partial charge is 0.497 e. The van der Waals surface area contributed by atoms with Gasteiger partial charge in [-0.1, -0.05) is 23.7 Å². The van der Waals surface area contributed by atoms with Gasteiger partial charge in [-0.25, -0.2) is 0 Å². The first kappa shape index (κ1) is 25.1. The monoisotopic (exact) mass is 506 g/mol. The van der Waals surface area contributed by atoms with Gasteiger partial charge in [0.1, 0.15) is 17.2 Å². The van der Waals surface area contributed by atoms with Gasteiger partial charge in [-0.15, -0.1) is 0 Å². The highest BCUT2D eigenvalue weighted by Gasteiger charge is 2.30. The van der Waals surface area contributed by atoms with Gasteiger partial charge in [0.15, 0.2) is 0 Å². The molecule has 3 aromatic carbocycles. The Kier molecular flexibility index (Phi) is 7.80. The number of hydrogen-bond donors (Lipinski definition) is 1. The van der Waals surface area contributed by atoms with Gasteiger partial charge in [0.2, 0.25) is 6.41 Å². The first-order valence-corrected chi connectivity index (χ1v) is 11.8. The van der Waals surface area contributed by atoms with Crippen molar-refractivity contribution in [2.45, 2.75) is 19.4 Å². The Balaban J connectivity index is 0.000000214. The third kappa shape index (κ3) is 5.47. The smallest absolute Gasteiger partial charge is 0.308 e. The maximum atomic E-state index is 11.6. The average molecular weight is 507 g/mol. The highest BCUT2D eigenvalue weighted by atomic mass is 35.5. The third-order valence-electron chi connectivity index (χ3n) is 6.01. The number of nitrogens with one attached hydrogen (secondary N) is 1. The Bertz CT molecular complexity index is 1350. The molecular formula is C28H27ClN2O5. The Hall–Kier alpha value is -3.97. The summed E-state index contributed by atoms with van der Waals surface area (Å²) in [5.41, 5.74) is 4.42. The number of esters is 1. The van der Waals surface area contributed by atoms with Crippen LogP contribution in [0.15, 0.2) is 66.7 Å². The van der Waals surface area contributed by atoms with E-state index in [0.717, 1.165) is 51.5 Å². The molecule has 0 saturated carbocycles. The number of amides is 1. The molecular weight excluding hydrogens is 480 g/mol. The summed E-state index contributed by atoms with van der Waals surface area (Å²) in [6.45, 7) is 2.05. The maximum Gasteiger partial charge on any atom is 0.308 e. The number of fused-ring (bicyclic) bond motifs is 3. The SMILES string of the molecule is COc1ccc(C2c3[nH]c4ccc(Cl)cc4c3CCN2C=O)cc1.COc1ccc(OC(C)=O)cc1. The number of carbonyl (C=O) groups is 2. The van der Waals surface area contributed by atoms with Crippen LogP contribution < -0.4 is 14.2 Å². The summed E-state index contributed by atoms with van der Waals surface area (Å²) in [6.07, 6.45) is 1.75. The van der Waals surface area contributed by atoms with Crippen molar-refractivity contribution >= 4 is 34.9 Å². The van der Waals surface area contributed by atoms with E-state index in [4.69, 9.17) is 25.8 Å². The molecule has 7 nitrogen and oxygen atoms in total. The van der Waals surface area contributed by atoms with Gasteiger partial charge < -0.3 is 24.1 Å². The summed E-state index contributed by atoms with van der Waals surface area (Å²) in [6, 6.07) is 20.4. The van der Waals surface area contributed by atoms with Gasteiger partial charge in [0.05, 0.1) is 20.3 Å². The molecule has 186 valence electrons. The number of nitrogens with zero attached hydrogens (tertiary/aromatic N) is 1. The Morgan fingerprint density at radius 3 is 2.17 bits per heavy atom. The van der Waals surface area contributed by atoms with Crippen LogP contribution in [0.3, 0.4) is 0 Å². The summed E-state index contributed by atoms with van der Waals surface area (Å²) >= 11 is 6.17. The number of hydrogen-bond acceptors (Lipinski definition) is 5. The fraction of sp³-hybridized carbons (Fsp3) is 0.214. The zero-order chi connectivity index (χ0) is 25.7. The predicted molar refractivity (Wildman–Crippen MR) is 139 cm³/mol. The Morgan fingerprint density at radius 2 is 1.58 bits per heavy atom. The molecule has 8 heteroatoms. The van der Waals surface area contributed by atoms with Gasteiger partial charge in [-0.3, -0.25) is 9.59 Å². The van der Waals surface area contributed by atoms with E-state index >= 15 is 0 Å². The van der Waals surface area contributed by atoms with Crippen molar-refractivity contribution < 1.29 is 23.8 Å². The van der Waals surface area contributed by atoms with Gasteiger partial charge in [-0.2, -0.15) is 0 Å². The van der Waals surface area contributed by atoms with E-state index < -0.39 is 0 Å². The number of aromatic amines is 1. The minimum atomic E-state index is -0.319. The van der Waals surface area contributed by atoms with Gasteiger partial charge in [-0.05, 0) is 72.1 Å². The molecule has 1 atom stereocenters. The van der Waals surface area contributed by atoms with Crippen LogP contribution in [0.5, 0.6) is 17.2 Å². The first-order chi connectivity index (χ1) is 17.4. The molecule has 1 N–H and O–H groups in total. The minimum Gasteiger partial charge on any atom is -0.497 e. The van der Waals surface area contributed by atoms with Crippen molar-refractivity contribution in [3.63, 3.8) is 0 Å². The van der Waals surface area contributed by atoms with E-state index in [9.17, 15) is 9.59 Å². The molecule has 1 aliphatic rings. The molecule has 4 aromatic rings. The topological polar surface area (TPSA) is 80.9 Å². The molecule has 36 heavy (non-hydrogen) atoms. The van der Waals surface area contributed by atoms with Gasteiger partial charge in [0, 0.05) is 35.1 Å². The van der Waals surface area contributed by atoms with Crippen molar-refractivity contribution in [3.05, 3.63) is 88.6 Å². The van der Waals surface area contributed by atoms with E-state index in [1.807, 2.05) is 47.4 Å². The lowest BCUT2D eigenvalue weighted by Gasteiger charge is -2.33. The highest BCUT2D eigenvalue weighted by molar-refractivity contribution is 6.31. The van der Waals surface area contributed by atoms with E-state index in [0.29, 0.717) is 12.3 Å². The third-order valence-corrected chi connectivity index (χ3v) is 6.25. The fourth-order valence-electron chi connectivity index (χ4n) is 4.35. The molecule has 0 bridgehead atoms. The number of benzene rings is 3. The quantitative estimate of drug-likeness (QED) is 0.218. The fourth-order valence-corrected chi connectivity index (χ4v) is 4.52. The number of rotatable bonds is 5. The summed E-state index contributed by atoms with van der Waals surface area (Å²) in [5, 5.41) is 1.87. The van der Waals surface area contributed by atoms with E-state index in [1.165, 1.54) is 12.5 Å². The first-order valence-electron chi connectivity index (χ1n) is 11.4. The Labute approximate surface area is 214 Å².